The van der Waals surface area contributed by atoms with Crippen LogP contribution in [0.4, 0.5) is 0 Å². The third-order valence-electron chi connectivity index (χ3n) is 4.75. The van der Waals surface area contributed by atoms with E-state index in [-0.39, 0.29) is 17.1 Å². The summed E-state index contributed by atoms with van der Waals surface area (Å²) >= 11 is 0. The van der Waals surface area contributed by atoms with Gasteiger partial charge in [0.2, 0.25) is 0 Å². The van der Waals surface area contributed by atoms with E-state index in [0.717, 1.165) is 31.5 Å². The maximum absolute atomic E-state index is 11.8. The van der Waals surface area contributed by atoms with E-state index in [9.17, 15) is 15.0 Å². The van der Waals surface area contributed by atoms with E-state index in [2.05, 4.69) is 4.90 Å². The quantitative estimate of drug-likeness (QED) is 0.636. The zero-order valence-corrected chi connectivity index (χ0v) is 13.2. The first kappa shape index (κ1) is 15.4. The summed E-state index contributed by atoms with van der Waals surface area (Å²) in [4.78, 5) is 14.0. The molecular weight excluding hydrogens is 314 g/mol. The predicted octanol–water partition coefficient (Wildman–Crippen LogP) is 1.54. The maximum atomic E-state index is 11.8. The Kier molecular flexibility index (Phi) is 3.71. The smallest absolute Gasteiger partial charge is 0.336 e. The molecule has 0 aliphatic carbocycles. The van der Waals surface area contributed by atoms with E-state index < -0.39 is 11.4 Å². The highest BCUT2D eigenvalue weighted by atomic mass is 16.7. The van der Waals surface area contributed by atoms with Crippen LogP contribution in [0.2, 0.25) is 0 Å². The molecule has 0 atom stereocenters. The number of benzene rings is 1. The SMILES string of the molecule is O=c1cc(CN2CCC3(CC2)OCCO3)c2cc(O)c(O)cc2o1. The van der Waals surface area contributed by atoms with Gasteiger partial charge in [0, 0.05) is 50.0 Å². The lowest BCUT2D eigenvalue weighted by molar-refractivity contribution is -0.185. The highest BCUT2D eigenvalue weighted by Gasteiger charge is 2.39. The van der Waals surface area contributed by atoms with E-state index in [4.69, 9.17) is 13.9 Å². The van der Waals surface area contributed by atoms with Crippen molar-refractivity contribution in [3.8, 4) is 11.5 Å². The summed E-state index contributed by atoms with van der Waals surface area (Å²) in [6.07, 6.45) is 1.58. The Hall–Kier alpha value is -2.09. The zero-order valence-electron chi connectivity index (χ0n) is 13.2. The van der Waals surface area contributed by atoms with Gasteiger partial charge in [0.25, 0.3) is 0 Å². The summed E-state index contributed by atoms with van der Waals surface area (Å²) in [6, 6.07) is 4.13. The van der Waals surface area contributed by atoms with Gasteiger partial charge in [-0.1, -0.05) is 0 Å². The fourth-order valence-electron chi connectivity index (χ4n) is 3.46. The number of ether oxygens (including phenoxy) is 2. The number of rotatable bonds is 2. The van der Waals surface area contributed by atoms with E-state index in [1.807, 2.05) is 0 Å². The van der Waals surface area contributed by atoms with Crippen molar-refractivity contribution in [2.45, 2.75) is 25.2 Å². The molecule has 2 aromatic rings. The number of phenols is 2. The van der Waals surface area contributed by atoms with Crippen LogP contribution >= 0.6 is 0 Å². The lowest BCUT2D eigenvalue weighted by Gasteiger charge is -2.37. The molecule has 7 nitrogen and oxygen atoms in total. The van der Waals surface area contributed by atoms with Crippen molar-refractivity contribution in [2.75, 3.05) is 26.3 Å². The summed E-state index contributed by atoms with van der Waals surface area (Å²) in [5.74, 6) is -0.973. The van der Waals surface area contributed by atoms with Gasteiger partial charge in [0.1, 0.15) is 5.58 Å². The van der Waals surface area contributed by atoms with E-state index in [1.165, 1.54) is 18.2 Å². The molecular formula is C17H19NO6. The molecule has 4 rings (SSSR count). The number of nitrogens with zero attached hydrogens (tertiary/aromatic N) is 1. The topological polar surface area (TPSA) is 92.4 Å². The van der Waals surface area contributed by atoms with Gasteiger partial charge in [-0.2, -0.15) is 0 Å². The van der Waals surface area contributed by atoms with E-state index >= 15 is 0 Å². The summed E-state index contributed by atoms with van der Waals surface area (Å²) in [6.45, 7) is 3.44. The van der Waals surface area contributed by atoms with Crippen LogP contribution in [0.25, 0.3) is 11.0 Å². The molecule has 0 saturated carbocycles. The molecule has 3 heterocycles. The van der Waals surface area contributed by atoms with Crippen LogP contribution in [-0.4, -0.2) is 47.2 Å². The Labute approximate surface area is 138 Å². The number of aromatic hydroxyl groups is 2. The Balaban J connectivity index is 1.58. The predicted molar refractivity (Wildman–Crippen MR) is 85.0 cm³/mol. The maximum Gasteiger partial charge on any atom is 0.336 e. The van der Waals surface area contributed by atoms with Crippen LogP contribution in [0.3, 0.4) is 0 Å². The fourth-order valence-corrected chi connectivity index (χ4v) is 3.46. The second kappa shape index (κ2) is 5.77. The van der Waals surface area contributed by atoms with Crippen LogP contribution in [0.1, 0.15) is 18.4 Å². The van der Waals surface area contributed by atoms with Gasteiger partial charge in [-0.05, 0) is 11.6 Å². The van der Waals surface area contributed by atoms with E-state index in [1.54, 1.807) is 0 Å². The molecule has 1 aromatic heterocycles. The van der Waals surface area contributed by atoms with Crippen molar-refractivity contribution in [1.82, 2.24) is 4.90 Å². The standard InChI is InChI=1S/C17H19NO6/c19-13-8-12-11(7-16(21)24-15(12)9-14(13)20)10-18-3-1-17(2-4-18)22-5-6-23-17/h7-9,19-20H,1-6,10H2. The van der Waals surface area contributed by atoms with Gasteiger partial charge in [0.15, 0.2) is 17.3 Å². The summed E-state index contributed by atoms with van der Waals surface area (Å²) < 4.78 is 16.6. The molecule has 0 amide bonds. The summed E-state index contributed by atoms with van der Waals surface area (Å²) in [5, 5.41) is 20.0. The first-order valence-corrected chi connectivity index (χ1v) is 8.04. The van der Waals surface area contributed by atoms with Crippen molar-refractivity contribution >= 4 is 11.0 Å². The Morgan fingerprint density at radius 2 is 1.71 bits per heavy atom. The average Bonchev–Trinajstić information content (AvgIpc) is 3.00. The summed E-state index contributed by atoms with van der Waals surface area (Å²) in [5.41, 5.74) is 0.558. The lowest BCUT2D eigenvalue weighted by atomic mass is 10.0. The van der Waals surface area contributed by atoms with Gasteiger partial charge >= 0.3 is 5.63 Å². The molecule has 2 N–H and O–H groups in total. The molecule has 1 spiro atoms. The van der Waals surface area contributed by atoms with E-state index in [0.29, 0.717) is 25.1 Å². The lowest BCUT2D eigenvalue weighted by Crippen LogP contribution is -2.44. The van der Waals surface area contributed by atoms with Gasteiger partial charge in [-0.15, -0.1) is 0 Å². The molecule has 128 valence electrons. The second-order valence-electron chi connectivity index (χ2n) is 6.31. The van der Waals surface area contributed by atoms with Crippen LogP contribution in [-0.2, 0) is 16.0 Å². The Morgan fingerprint density at radius 1 is 1.04 bits per heavy atom. The molecule has 7 heteroatoms. The van der Waals surface area contributed by atoms with Crippen LogP contribution in [0, 0.1) is 0 Å². The largest absolute Gasteiger partial charge is 0.504 e. The van der Waals surface area contributed by atoms with Gasteiger partial charge < -0.3 is 24.1 Å². The van der Waals surface area contributed by atoms with Crippen molar-refractivity contribution in [3.63, 3.8) is 0 Å². The van der Waals surface area contributed by atoms with Crippen LogP contribution < -0.4 is 5.63 Å². The minimum Gasteiger partial charge on any atom is -0.504 e. The number of piperidine rings is 1. The van der Waals surface area contributed by atoms with Gasteiger partial charge in [0.05, 0.1) is 13.2 Å². The number of likely N-dealkylation sites (tertiary alicyclic amines) is 1. The molecule has 24 heavy (non-hydrogen) atoms. The van der Waals surface area contributed by atoms with Crippen molar-refractivity contribution in [1.29, 1.82) is 0 Å². The number of hydrogen-bond acceptors (Lipinski definition) is 7. The normalized spacial score (nSPS) is 20.8. The molecule has 2 aliphatic rings. The van der Waals surface area contributed by atoms with Crippen molar-refractivity contribution in [2.24, 2.45) is 0 Å². The minimum absolute atomic E-state index is 0.233. The second-order valence-corrected chi connectivity index (χ2v) is 6.31. The molecule has 2 saturated heterocycles. The Bertz CT molecular complexity index is 814. The van der Waals surface area contributed by atoms with Crippen LogP contribution in [0.15, 0.2) is 27.4 Å². The molecule has 0 bridgehead atoms. The molecule has 0 unspecified atom stereocenters. The summed E-state index contributed by atoms with van der Waals surface area (Å²) in [7, 11) is 0. The molecule has 0 radical (unpaired) electrons. The first-order chi connectivity index (χ1) is 11.5. The highest BCUT2D eigenvalue weighted by Crippen LogP contribution is 2.34. The number of fused-ring (bicyclic) bond motifs is 1. The van der Waals surface area contributed by atoms with Gasteiger partial charge in [-0.3, -0.25) is 4.90 Å². The third kappa shape index (κ3) is 2.75. The van der Waals surface area contributed by atoms with Crippen molar-refractivity contribution in [3.05, 3.63) is 34.2 Å². The Morgan fingerprint density at radius 3 is 2.42 bits per heavy atom. The minimum atomic E-state index is -0.474. The highest BCUT2D eigenvalue weighted by molar-refractivity contribution is 5.83. The molecule has 2 fully saturated rings. The number of phenolic OH excluding ortho intramolecular Hbond substituents is 2. The fraction of sp³-hybridized carbons (Fsp3) is 0.471. The van der Waals surface area contributed by atoms with Gasteiger partial charge in [-0.25, -0.2) is 4.79 Å². The third-order valence-corrected chi connectivity index (χ3v) is 4.75. The molecule has 1 aromatic carbocycles. The number of hydrogen-bond donors (Lipinski definition) is 2. The van der Waals surface area contributed by atoms with Crippen LogP contribution in [0.5, 0.6) is 11.5 Å². The van der Waals surface area contributed by atoms with Crippen molar-refractivity contribution < 1.29 is 24.1 Å². The molecule has 2 aliphatic heterocycles. The first-order valence-electron chi connectivity index (χ1n) is 8.04. The average molecular weight is 333 g/mol. The monoisotopic (exact) mass is 333 g/mol. The zero-order chi connectivity index (χ0) is 16.7.